The lowest BCUT2D eigenvalue weighted by atomic mass is 10.3. The van der Waals surface area contributed by atoms with Gasteiger partial charge in [-0.1, -0.05) is 0 Å². The van der Waals surface area contributed by atoms with Crippen molar-refractivity contribution in [2.75, 3.05) is 19.0 Å². The molecule has 0 atom stereocenters. The van der Waals surface area contributed by atoms with Crippen LogP contribution in [0.5, 0.6) is 0 Å². The van der Waals surface area contributed by atoms with Crippen molar-refractivity contribution in [2.45, 2.75) is 0 Å². The number of nitrogens with zero attached hydrogens (tertiary/aromatic N) is 5. The molecule has 5 heteroatoms. The monoisotopic (exact) mass is 229 g/mol. The van der Waals surface area contributed by atoms with Crippen LogP contribution in [0.4, 0.5) is 17.3 Å². The van der Waals surface area contributed by atoms with E-state index in [1.54, 1.807) is 6.20 Å². The SMILES string of the molecule is CN(C)c1ccc(N=Nc2nccn2C)cc1. The second kappa shape index (κ2) is 4.78. The van der Waals surface area contributed by atoms with Gasteiger partial charge in [-0.3, -0.25) is 0 Å². The fourth-order valence-electron chi connectivity index (χ4n) is 1.37. The number of imidazole rings is 1. The van der Waals surface area contributed by atoms with Crippen molar-refractivity contribution in [1.29, 1.82) is 0 Å². The fourth-order valence-corrected chi connectivity index (χ4v) is 1.37. The van der Waals surface area contributed by atoms with Crippen molar-refractivity contribution >= 4 is 17.3 Å². The summed E-state index contributed by atoms with van der Waals surface area (Å²) in [5.41, 5.74) is 1.96. The van der Waals surface area contributed by atoms with Crippen LogP contribution < -0.4 is 4.90 Å². The molecule has 17 heavy (non-hydrogen) atoms. The highest BCUT2D eigenvalue weighted by molar-refractivity contribution is 5.51. The van der Waals surface area contributed by atoms with Crippen LogP contribution in [0, 0.1) is 0 Å². The molecule has 2 aromatic rings. The average molecular weight is 229 g/mol. The molecule has 0 amide bonds. The summed E-state index contributed by atoms with van der Waals surface area (Å²) in [7, 11) is 5.89. The summed E-state index contributed by atoms with van der Waals surface area (Å²) in [5, 5.41) is 8.21. The van der Waals surface area contributed by atoms with E-state index in [1.165, 1.54) is 0 Å². The molecule has 88 valence electrons. The van der Waals surface area contributed by atoms with E-state index in [1.807, 2.05) is 61.1 Å². The molecule has 1 aromatic carbocycles. The van der Waals surface area contributed by atoms with Gasteiger partial charge < -0.3 is 9.47 Å². The van der Waals surface area contributed by atoms with Crippen molar-refractivity contribution in [3.63, 3.8) is 0 Å². The van der Waals surface area contributed by atoms with E-state index in [4.69, 9.17) is 0 Å². The van der Waals surface area contributed by atoms with Gasteiger partial charge >= 0.3 is 0 Å². The van der Waals surface area contributed by atoms with Gasteiger partial charge in [-0.2, -0.15) is 0 Å². The van der Waals surface area contributed by atoms with Crippen LogP contribution in [0.1, 0.15) is 0 Å². The average Bonchev–Trinajstić information content (AvgIpc) is 2.73. The minimum absolute atomic E-state index is 0.599. The minimum atomic E-state index is 0.599. The first-order chi connectivity index (χ1) is 8.16. The Kier molecular flexibility index (Phi) is 3.18. The summed E-state index contributed by atoms with van der Waals surface area (Å²) in [6, 6.07) is 7.88. The Morgan fingerprint density at radius 3 is 2.35 bits per heavy atom. The number of hydrogen-bond acceptors (Lipinski definition) is 4. The van der Waals surface area contributed by atoms with Crippen LogP contribution >= 0.6 is 0 Å². The molecule has 1 heterocycles. The number of rotatable bonds is 3. The molecule has 5 nitrogen and oxygen atoms in total. The van der Waals surface area contributed by atoms with Crippen molar-refractivity contribution in [3.8, 4) is 0 Å². The van der Waals surface area contributed by atoms with Gasteiger partial charge in [-0.05, 0) is 24.3 Å². The normalized spacial score (nSPS) is 11.0. The lowest BCUT2D eigenvalue weighted by Gasteiger charge is -2.11. The lowest BCUT2D eigenvalue weighted by molar-refractivity contribution is 0.893. The maximum absolute atomic E-state index is 4.13. The standard InChI is InChI=1S/C12H15N5/c1-16(2)11-6-4-10(5-7-11)14-15-12-13-8-9-17(12)3/h4-9H,1-3H3. The van der Waals surface area contributed by atoms with Gasteiger partial charge in [0, 0.05) is 39.2 Å². The molecule has 0 aliphatic heterocycles. The Labute approximate surface area is 100 Å². The third-order valence-corrected chi connectivity index (χ3v) is 2.42. The number of anilines is 1. The Morgan fingerprint density at radius 2 is 1.82 bits per heavy atom. The largest absolute Gasteiger partial charge is 0.378 e. The van der Waals surface area contributed by atoms with Gasteiger partial charge in [0.05, 0.1) is 5.69 Å². The van der Waals surface area contributed by atoms with Gasteiger partial charge in [0.25, 0.3) is 0 Å². The molecule has 0 saturated carbocycles. The van der Waals surface area contributed by atoms with E-state index < -0.39 is 0 Å². The zero-order chi connectivity index (χ0) is 12.3. The number of aromatic nitrogens is 2. The van der Waals surface area contributed by atoms with E-state index in [0.29, 0.717) is 5.95 Å². The second-order valence-electron chi connectivity index (χ2n) is 3.95. The number of aryl methyl sites for hydroxylation is 1. The third-order valence-electron chi connectivity index (χ3n) is 2.42. The molecule has 0 unspecified atom stereocenters. The molecular weight excluding hydrogens is 214 g/mol. The van der Waals surface area contributed by atoms with Crippen molar-refractivity contribution in [3.05, 3.63) is 36.7 Å². The van der Waals surface area contributed by atoms with E-state index in [2.05, 4.69) is 15.2 Å². The van der Waals surface area contributed by atoms with Gasteiger partial charge in [0.15, 0.2) is 0 Å². The molecule has 0 spiro atoms. The first-order valence-electron chi connectivity index (χ1n) is 5.33. The molecule has 1 aromatic heterocycles. The Hall–Kier alpha value is -2.17. The number of hydrogen-bond donors (Lipinski definition) is 0. The summed E-state index contributed by atoms with van der Waals surface area (Å²) in [4.78, 5) is 6.11. The van der Waals surface area contributed by atoms with Crippen LogP contribution in [0.25, 0.3) is 0 Å². The summed E-state index contributed by atoms with van der Waals surface area (Å²) in [6.45, 7) is 0. The first kappa shape index (κ1) is 11.3. The van der Waals surface area contributed by atoms with Crippen LogP contribution in [0.3, 0.4) is 0 Å². The predicted octanol–water partition coefficient (Wildman–Crippen LogP) is 2.90. The van der Waals surface area contributed by atoms with E-state index in [-0.39, 0.29) is 0 Å². The Morgan fingerprint density at radius 1 is 1.12 bits per heavy atom. The Bertz CT molecular complexity index is 510. The summed E-state index contributed by atoms with van der Waals surface area (Å²) in [6.07, 6.45) is 3.53. The van der Waals surface area contributed by atoms with Crippen LogP contribution in [0.2, 0.25) is 0 Å². The number of azo groups is 1. The summed E-state index contributed by atoms with van der Waals surface area (Å²) in [5.74, 6) is 0.599. The van der Waals surface area contributed by atoms with E-state index in [0.717, 1.165) is 11.4 Å². The molecule has 0 bridgehead atoms. The topological polar surface area (TPSA) is 45.8 Å². The molecule has 0 fully saturated rings. The number of benzene rings is 1. The van der Waals surface area contributed by atoms with Crippen molar-refractivity contribution in [2.24, 2.45) is 17.3 Å². The highest BCUT2D eigenvalue weighted by Crippen LogP contribution is 2.20. The van der Waals surface area contributed by atoms with Crippen molar-refractivity contribution in [1.82, 2.24) is 9.55 Å². The van der Waals surface area contributed by atoms with Gasteiger partial charge in [0.1, 0.15) is 0 Å². The van der Waals surface area contributed by atoms with Crippen molar-refractivity contribution < 1.29 is 0 Å². The zero-order valence-corrected chi connectivity index (χ0v) is 10.2. The molecule has 0 radical (unpaired) electrons. The van der Waals surface area contributed by atoms with E-state index in [9.17, 15) is 0 Å². The first-order valence-corrected chi connectivity index (χ1v) is 5.33. The van der Waals surface area contributed by atoms with Crippen LogP contribution in [-0.2, 0) is 7.05 Å². The highest BCUT2D eigenvalue weighted by Gasteiger charge is 1.97. The van der Waals surface area contributed by atoms with E-state index >= 15 is 0 Å². The van der Waals surface area contributed by atoms with Crippen LogP contribution in [0.15, 0.2) is 46.9 Å². The fraction of sp³-hybridized carbons (Fsp3) is 0.250. The van der Waals surface area contributed by atoms with Gasteiger partial charge in [-0.25, -0.2) is 4.98 Å². The molecule has 2 rings (SSSR count). The Balaban J connectivity index is 2.14. The third kappa shape index (κ3) is 2.69. The van der Waals surface area contributed by atoms with Gasteiger partial charge in [-0.15, -0.1) is 10.2 Å². The lowest BCUT2D eigenvalue weighted by Crippen LogP contribution is -2.07. The summed E-state index contributed by atoms with van der Waals surface area (Å²) < 4.78 is 1.82. The predicted molar refractivity (Wildman–Crippen MR) is 68.2 cm³/mol. The second-order valence-corrected chi connectivity index (χ2v) is 3.95. The maximum Gasteiger partial charge on any atom is 0.249 e. The van der Waals surface area contributed by atoms with Gasteiger partial charge in [0.2, 0.25) is 5.95 Å². The molecule has 0 N–H and O–H groups in total. The summed E-state index contributed by atoms with van der Waals surface area (Å²) >= 11 is 0. The quantitative estimate of drug-likeness (QED) is 0.760. The van der Waals surface area contributed by atoms with Crippen LogP contribution in [-0.4, -0.2) is 23.6 Å². The smallest absolute Gasteiger partial charge is 0.249 e. The molecule has 0 aliphatic carbocycles. The molecular formula is C12H15N5. The zero-order valence-electron chi connectivity index (χ0n) is 10.2. The maximum atomic E-state index is 4.13. The molecule has 0 aliphatic rings. The minimum Gasteiger partial charge on any atom is -0.378 e. The highest BCUT2D eigenvalue weighted by atomic mass is 15.2. The molecule has 0 saturated heterocycles.